The molecule has 4 rings (SSSR count). The normalized spacial score (nSPS) is 15.9. The Balaban J connectivity index is 1.27. The summed E-state index contributed by atoms with van der Waals surface area (Å²) in [6.07, 6.45) is 1.78. The number of hydrogen-bond donors (Lipinski definition) is 3. The number of benzene rings is 2. The van der Waals surface area contributed by atoms with Gasteiger partial charge in [0.25, 0.3) is 0 Å². The number of carbonyl (C=O) groups excluding carboxylic acids is 2. The lowest BCUT2D eigenvalue weighted by Gasteiger charge is -2.23. The largest absolute Gasteiger partial charge is 0.462 e. The van der Waals surface area contributed by atoms with Gasteiger partial charge in [0.15, 0.2) is 5.13 Å². The third-order valence-electron chi connectivity index (χ3n) is 6.43. The second-order valence-electron chi connectivity index (χ2n) is 9.19. The van der Waals surface area contributed by atoms with Crippen LogP contribution in [0.3, 0.4) is 0 Å². The molecule has 1 saturated heterocycles. The van der Waals surface area contributed by atoms with Crippen molar-refractivity contribution in [2.45, 2.75) is 45.3 Å². The molecule has 10 heteroatoms. The van der Waals surface area contributed by atoms with Crippen molar-refractivity contribution in [3.8, 4) is 0 Å². The van der Waals surface area contributed by atoms with Crippen LogP contribution < -0.4 is 15.5 Å². The van der Waals surface area contributed by atoms with Crippen molar-refractivity contribution < 1.29 is 19.4 Å². The zero-order chi connectivity index (χ0) is 27.1. The summed E-state index contributed by atoms with van der Waals surface area (Å²) in [5, 5.41) is 17.9. The highest BCUT2D eigenvalue weighted by Crippen LogP contribution is 2.32. The SMILES string of the molecule is CCOC(=O)c1sc(N2CCC[C@H]2C(=O)Nc2ccc(CCNCC(O)c3cccc(Cl)c3)cc2)nc1C. The minimum atomic E-state index is -0.619. The zero-order valence-corrected chi connectivity index (χ0v) is 23.1. The quantitative estimate of drug-likeness (QED) is 0.231. The van der Waals surface area contributed by atoms with Gasteiger partial charge in [-0.3, -0.25) is 4.79 Å². The minimum Gasteiger partial charge on any atom is -0.462 e. The Morgan fingerprint density at radius 2 is 2.05 bits per heavy atom. The first-order valence-electron chi connectivity index (χ1n) is 12.8. The fourth-order valence-corrected chi connectivity index (χ4v) is 5.68. The first-order chi connectivity index (χ1) is 18.4. The second kappa shape index (κ2) is 13.2. The molecule has 3 aromatic rings. The predicted octanol–water partition coefficient (Wildman–Crippen LogP) is 4.75. The van der Waals surface area contributed by atoms with Crippen molar-refractivity contribution in [1.29, 1.82) is 0 Å². The maximum Gasteiger partial charge on any atom is 0.350 e. The standard InChI is InChI=1S/C28H33ClN4O4S/c1-3-37-27(36)25-18(2)31-28(38-25)33-15-5-8-23(33)26(35)32-22-11-9-19(10-12-22)13-14-30-17-24(34)20-6-4-7-21(29)16-20/h4,6-7,9-12,16,23-24,30,34H,3,5,8,13-15,17H2,1-2H3,(H,32,35)/t23-,24?/m0/s1. The number of rotatable bonds is 11. The molecule has 0 saturated carbocycles. The Labute approximate surface area is 232 Å². The van der Waals surface area contributed by atoms with Gasteiger partial charge in [0.05, 0.1) is 18.4 Å². The molecule has 1 aliphatic rings. The topological polar surface area (TPSA) is 104 Å². The predicted molar refractivity (Wildman–Crippen MR) is 151 cm³/mol. The lowest BCUT2D eigenvalue weighted by Crippen LogP contribution is -2.39. The van der Waals surface area contributed by atoms with E-state index in [2.05, 4.69) is 15.6 Å². The number of ether oxygens (including phenoxy) is 1. The van der Waals surface area contributed by atoms with Crippen LogP contribution in [0.1, 0.15) is 52.4 Å². The minimum absolute atomic E-state index is 0.0857. The first kappa shape index (κ1) is 28.0. The van der Waals surface area contributed by atoms with Gasteiger partial charge in [-0.15, -0.1) is 0 Å². The number of amides is 1. The summed E-state index contributed by atoms with van der Waals surface area (Å²) in [6, 6.07) is 14.7. The van der Waals surface area contributed by atoms with Gasteiger partial charge in [-0.1, -0.05) is 47.2 Å². The molecule has 0 spiro atoms. The number of halogens is 1. The molecular formula is C28H33ClN4O4S. The molecule has 8 nitrogen and oxygen atoms in total. The fourth-order valence-electron chi connectivity index (χ4n) is 4.44. The smallest absolute Gasteiger partial charge is 0.350 e. The van der Waals surface area contributed by atoms with Crippen LogP contribution >= 0.6 is 22.9 Å². The molecular weight excluding hydrogens is 524 g/mol. The molecule has 1 fully saturated rings. The van der Waals surface area contributed by atoms with Gasteiger partial charge in [0, 0.05) is 23.8 Å². The van der Waals surface area contributed by atoms with E-state index < -0.39 is 6.10 Å². The number of esters is 1. The van der Waals surface area contributed by atoms with Crippen LogP contribution in [0.15, 0.2) is 48.5 Å². The van der Waals surface area contributed by atoms with Crippen LogP contribution in [0.4, 0.5) is 10.8 Å². The molecule has 0 aliphatic carbocycles. The van der Waals surface area contributed by atoms with E-state index in [0.717, 1.165) is 36.1 Å². The van der Waals surface area contributed by atoms with Crippen LogP contribution in [0.5, 0.6) is 0 Å². The van der Waals surface area contributed by atoms with Gasteiger partial charge in [-0.25, -0.2) is 9.78 Å². The van der Waals surface area contributed by atoms with E-state index in [4.69, 9.17) is 16.3 Å². The van der Waals surface area contributed by atoms with Crippen LogP contribution in [0.25, 0.3) is 0 Å². The van der Waals surface area contributed by atoms with E-state index in [1.807, 2.05) is 41.3 Å². The van der Waals surface area contributed by atoms with E-state index in [1.165, 1.54) is 11.3 Å². The van der Waals surface area contributed by atoms with Crippen molar-refractivity contribution in [3.63, 3.8) is 0 Å². The fraction of sp³-hybridized carbons (Fsp3) is 0.393. The number of nitrogens with zero attached hydrogens (tertiary/aromatic N) is 2. The third-order valence-corrected chi connectivity index (χ3v) is 7.84. The summed E-state index contributed by atoms with van der Waals surface area (Å²) in [4.78, 5) is 32.3. The zero-order valence-electron chi connectivity index (χ0n) is 21.6. The number of aryl methyl sites for hydroxylation is 1. The highest BCUT2D eigenvalue weighted by atomic mass is 35.5. The molecule has 1 unspecified atom stereocenters. The summed E-state index contributed by atoms with van der Waals surface area (Å²) in [6.45, 7) is 5.73. The van der Waals surface area contributed by atoms with Crippen molar-refractivity contribution >= 4 is 45.6 Å². The van der Waals surface area contributed by atoms with Gasteiger partial charge >= 0.3 is 5.97 Å². The third kappa shape index (κ3) is 7.11. The highest BCUT2D eigenvalue weighted by Gasteiger charge is 2.33. The highest BCUT2D eigenvalue weighted by molar-refractivity contribution is 7.17. The van der Waals surface area contributed by atoms with Crippen LogP contribution in [0.2, 0.25) is 5.02 Å². The van der Waals surface area contributed by atoms with E-state index in [-0.39, 0.29) is 17.9 Å². The first-order valence-corrected chi connectivity index (χ1v) is 14.0. The summed E-state index contributed by atoms with van der Waals surface area (Å²) < 4.78 is 5.13. The molecule has 2 atom stereocenters. The lowest BCUT2D eigenvalue weighted by atomic mass is 10.1. The van der Waals surface area contributed by atoms with Crippen molar-refractivity contribution in [1.82, 2.24) is 10.3 Å². The average molecular weight is 557 g/mol. The molecule has 2 heterocycles. The second-order valence-corrected chi connectivity index (χ2v) is 10.6. The van der Waals surface area contributed by atoms with Crippen LogP contribution in [-0.4, -0.2) is 54.2 Å². The molecule has 0 bridgehead atoms. The number of aliphatic hydroxyl groups excluding tert-OH is 1. The molecule has 1 amide bonds. The maximum absolute atomic E-state index is 13.1. The van der Waals surface area contributed by atoms with Crippen LogP contribution in [0, 0.1) is 6.92 Å². The van der Waals surface area contributed by atoms with E-state index >= 15 is 0 Å². The van der Waals surface area contributed by atoms with E-state index in [9.17, 15) is 14.7 Å². The average Bonchev–Trinajstić information content (AvgIpc) is 3.54. The Morgan fingerprint density at radius 1 is 1.26 bits per heavy atom. The number of thiazole rings is 1. The molecule has 1 aliphatic heterocycles. The van der Waals surface area contributed by atoms with Gasteiger partial charge in [-0.05, 0) is 75.0 Å². The number of hydrogen-bond acceptors (Lipinski definition) is 8. The number of nitrogens with one attached hydrogen (secondary N) is 2. The molecule has 202 valence electrons. The van der Waals surface area contributed by atoms with Gasteiger partial charge < -0.3 is 25.4 Å². The van der Waals surface area contributed by atoms with Crippen LogP contribution in [-0.2, 0) is 16.0 Å². The Kier molecular flexibility index (Phi) is 9.74. The number of aromatic nitrogens is 1. The number of aliphatic hydroxyl groups is 1. The van der Waals surface area contributed by atoms with Gasteiger partial charge in [0.2, 0.25) is 5.91 Å². The Morgan fingerprint density at radius 3 is 2.79 bits per heavy atom. The Hall–Kier alpha value is -2.98. The van der Waals surface area contributed by atoms with Gasteiger partial charge in [0.1, 0.15) is 10.9 Å². The summed E-state index contributed by atoms with van der Waals surface area (Å²) in [5.41, 5.74) is 3.27. The molecule has 38 heavy (non-hydrogen) atoms. The van der Waals surface area contributed by atoms with Crippen molar-refractivity contribution in [2.75, 3.05) is 36.5 Å². The summed E-state index contributed by atoms with van der Waals surface area (Å²) in [7, 11) is 0. The molecule has 0 radical (unpaired) electrons. The lowest BCUT2D eigenvalue weighted by molar-refractivity contribution is -0.117. The molecule has 2 aromatic carbocycles. The van der Waals surface area contributed by atoms with E-state index in [1.54, 1.807) is 26.0 Å². The number of carbonyl (C=O) groups is 2. The summed E-state index contributed by atoms with van der Waals surface area (Å²) >= 11 is 7.27. The van der Waals surface area contributed by atoms with Crippen molar-refractivity contribution in [3.05, 3.63) is 75.3 Å². The molecule has 1 aromatic heterocycles. The number of anilines is 2. The van der Waals surface area contributed by atoms with Gasteiger partial charge in [-0.2, -0.15) is 0 Å². The van der Waals surface area contributed by atoms with E-state index in [0.29, 0.717) is 47.0 Å². The monoisotopic (exact) mass is 556 g/mol. The van der Waals surface area contributed by atoms with Crippen molar-refractivity contribution in [2.24, 2.45) is 0 Å². The summed E-state index contributed by atoms with van der Waals surface area (Å²) in [5.74, 6) is -0.459. The Bertz CT molecular complexity index is 1250. The molecule has 3 N–H and O–H groups in total. The maximum atomic E-state index is 13.1.